The van der Waals surface area contributed by atoms with E-state index in [0.717, 1.165) is 36.1 Å². The molecule has 0 spiro atoms. The zero-order valence-electron chi connectivity index (χ0n) is 9.99. The lowest BCUT2D eigenvalue weighted by atomic mass is 10.1. The summed E-state index contributed by atoms with van der Waals surface area (Å²) in [6.07, 6.45) is 2.21. The molecule has 90 valence electrons. The minimum Gasteiger partial charge on any atom is -0.394 e. The van der Waals surface area contributed by atoms with Crippen molar-refractivity contribution in [2.75, 3.05) is 29.1 Å². The third kappa shape index (κ3) is 2.29. The van der Waals surface area contributed by atoms with Gasteiger partial charge in [0.25, 0.3) is 0 Å². The van der Waals surface area contributed by atoms with E-state index in [1.165, 1.54) is 17.9 Å². The molecule has 0 radical (unpaired) electrons. The molecule has 1 aliphatic heterocycles. The van der Waals surface area contributed by atoms with Gasteiger partial charge < -0.3 is 11.1 Å². The number of hydrogen-bond donors (Lipinski definition) is 2. The van der Waals surface area contributed by atoms with Crippen molar-refractivity contribution in [3.05, 3.63) is 5.69 Å². The van der Waals surface area contributed by atoms with Gasteiger partial charge in [0, 0.05) is 13.6 Å². The molecule has 0 aromatic carbocycles. The van der Waals surface area contributed by atoms with E-state index in [-0.39, 0.29) is 0 Å². The van der Waals surface area contributed by atoms with Crippen molar-refractivity contribution in [2.45, 2.75) is 19.8 Å². The Hall–Kier alpha value is -0.840. The Morgan fingerprint density at radius 1 is 1.62 bits per heavy atom. The van der Waals surface area contributed by atoms with Crippen LogP contribution in [-0.2, 0) is 13.5 Å². The molecule has 2 heterocycles. The highest BCUT2D eigenvalue weighted by atomic mass is 32.2. The normalized spacial score (nSPS) is 20.2. The molecular formula is C11H20N4S. The van der Waals surface area contributed by atoms with Crippen LogP contribution in [0, 0.1) is 5.92 Å². The summed E-state index contributed by atoms with van der Waals surface area (Å²) in [5.41, 5.74) is 7.86. The van der Waals surface area contributed by atoms with E-state index >= 15 is 0 Å². The average molecular weight is 240 g/mol. The van der Waals surface area contributed by atoms with E-state index in [1.807, 2.05) is 23.5 Å². The summed E-state index contributed by atoms with van der Waals surface area (Å²) in [6, 6.07) is 0. The topological polar surface area (TPSA) is 55.9 Å². The fraction of sp³-hybridized carbons (Fsp3) is 0.727. The molecule has 4 nitrogen and oxygen atoms in total. The Balaban J connectivity index is 2.00. The van der Waals surface area contributed by atoms with Gasteiger partial charge in [-0.05, 0) is 30.3 Å². The summed E-state index contributed by atoms with van der Waals surface area (Å²) < 4.78 is 1.86. The molecule has 0 saturated carbocycles. The summed E-state index contributed by atoms with van der Waals surface area (Å²) in [4.78, 5) is 0. The SMILES string of the molecule is CCc1nn(C)c(NCC2CCSC2)c1N. The molecule has 0 aliphatic carbocycles. The van der Waals surface area contributed by atoms with Crippen molar-refractivity contribution in [3.8, 4) is 0 Å². The number of aryl methyl sites for hydroxylation is 2. The average Bonchev–Trinajstić information content (AvgIpc) is 2.86. The van der Waals surface area contributed by atoms with Crippen LogP contribution in [0.25, 0.3) is 0 Å². The Labute approximate surface area is 101 Å². The number of hydrogen-bond acceptors (Lipinski definition) is 4. The maximum absolute atomic E-state index is 6.05. The number of nitrogens with two attached hydrogens (primary N) is 1. The second kappa shape index (κ2) is 4.99. The van der Waals surface area contributed by atoms with Gasteiger partial charge in [0.05, 0.1) is 11.4 Å². The highest BCUT2D eigenvalue weighted by Gasteiger charge is 2.17. The zero-order chi connectivity index (χ0) is 11.5. The van der Waals surface area contributed by atoms with E-state index in [9.17, 15) is 0 Å². The number of nitrogen functional groups attached to an aromatic ring is 1. The van der Waals surface area contributed by atoms with E-state index < -0.39 is 0 Å². The quantitative estimate of drug-likeness (QED) is 0.841. The van der Waals surface area contributed by atoms with Gasteiger partial charge in [-0.15, -0.1) is 0 Å². The van der Waals surface area contributed by atoms with Crippen LogP contribution in [0.3, 0.4) is 0 Å². The molecule has 0 bridgehead atoms. The second-order valence-electron chi connectivity index (χ2n) is 4.30. The molecule has 0 amide bonds. The maximum atomic E-state index is 6.05. The predicted molar refractivity (Wildman–Crippen MR) is 70.9 cm³/mol. The van der Waals surface area contributed by atoms with E-state index in [2.05, 4.69) is 17.3 Å². The molecule has 1 unspecified atom stereocenters. The van der Waals surface area contributed by atoms with Crippen LogP contribution in [0.4, 0.5) is 11.5 Å². The van der Waals surface area contributed by atoms with Crippen LogP contribution < -0.4 is 11.1 Å². The van der Waals surface area contributed by atoms with Crippen molar-refractivity contribution >= 4 is 23.3 Å². The first-order chi connectivity index (χ1) is 7.72. The van der Waals surface area contributed by atoms with Crippen molar-refractivity contribution in [1.29, 1.82) is 0 Å². The molecule has 1 atom stereocenters. The molecule has 16 heavy (non-hydrogen) atoms. The molecule has 3 N–H and O–H groups in total. The fourth-order valence-corrected chi connectivity index (χ4v) is 3.34. The number of nitrogens with one attached hydrogen (secondary N) is 1. The van der Waals surface area contributed by atoms with Gasteiger partial charge in [0.2, 0.25) is 0 Å². The van der Waals surface area contributed by atoms with Crippen molar-refractivity contribution in [3.63, 3.8) is 0 Å². The summed E-state index contributed by atoms with van der Waals surface area (Å²) in [5, 5.41) is 7.84. The lowest BCUT2D eigenvalue weighted by Gasteiger charge is -2.11. The minimum atomic E-state index is 0.782. The summed E-state index contributed by atoms with van der Waals surface area (Å²) in [5.74, 6) is 4.33. The van der Waals surface area contributed by atoms with Gasteiger partial charge in [-0.2, -0.15) is 16.9 Å². The Bertz CT molecular complexity index is 355. The third-order valence-electron chi connectivity index (χ3n) is 3.08. The number of aromatic nitrogens is 2. The summed E-state index contributed by atoms with van der Waals surface area (Å²) in [7, 11) is 1.95. The van der Waals surface area contributed by atoms with Crippen LogP contribution in [0.15, 0.2) is 0 Å². The lowest BCUT2D eigenvalue weighted by Crippen LogP contribution is -2.16. The second-order valence-corrected chi connectivity index (χ2v) is 5.45. The summed E-state index contributed by atoms with van der Waals surface area (Å²) in [6.45, 7) is 3.09. The number of anilines is 2. The van der Waals surface area contributed by atoms with Gasteiger partial charge in [0.15, 0.2) is 0 Å². The van der Waals surface area contributed by atoms with Crippen molar-refractivity contribution in [2.24, 2.45) is 13.0 Å². The van der Waals surface area contributed by atoms with Gasteiger partial charge in [0.1, 0.15) is 5.82 Å². The van der Waals surface area contributed by atoms with Crippen molar-refractivity contribution in [1.82, 2.24) is 9.78 Å². The fourth-order valence-electron chi connectivity index (χ4n) is 2.05. The van der Waals surface area contributed by atoms with Crippen LogP contribution in [0.5, 0.6) is 0 Å². The van der Waals surface area contributed by atoms with Crippen LogP contribution >= 0.6 is 11.8 Å². The molecule has 5 heteroatoms. The van der Waals surface area contributed by atoms with E-state index in [4.69, 9.17) is 5.73 Å². The zero-order valence-corrected chi connectivity index (χ0v) is 10.8. The van der Waals surface area contributed by atoms with Gasteiger partial charge >= 0.3 is 0 Å². The third-order valence-corrected chi connectivity index (χ3v) is 4.31. The van der Waals surface area contributed by atoms with Crippen molar-refractivity contribution < 1.29 is 0 Å². The Morgan fingerprint density at radius 3 is 3.00 bits per heavy atom. The monoisotopic (exact) mass is 240 g/mol. The summed E-state index contributed by atoms with van der Waals surface area (Å²) >= 11 is 2.04. The molecule has 1 saturated heterocycles. The molecule has 1 aromatic heterocycles. The number of rotatable bonds is 4. The molecule has 1 fully saturated rings. The molecule has 1 aliphatic rings. The largest absolute Gasteiger partial charge is 0.394 e. The first-order valence-corrected chi connectivity index (χ1v) is 7.00. The Morgan fingerprint density at radius 2 is 2.44 bits per heavy atom. The van der Waals surface area contributed by atoms with Crippen LogP contribution in [0.1, 0.15) is 19.0 Å². The molecular weight excluding hydrogens is 220 g/mol. The first-order valence-electron chi connectivity index (χ1n) is 5.85. The maximum Gasteiger partial charge on any atom is 0.147 e. The predicted octanol–water partition coefficient (Wildman–Crippen LogP) is 1.73. The molecule has 1 aromatic rings. The highest BCUT2D eigenvalue weighted by molar-refractivity contribution is 7.99. The first kappa shape index (κ1) is 11.6. The van der Waals surface area contributed by atoms with E-state index in [1.54, 1.807) is 0 Å². The lowest BCUT2D eigenvalue weighted by molar-refractivity contribution is 0.625. The van der Waals surface area contributed by atoms with E-state index in [0.29, 0.717) is 0 Å². The van der Waals surface area contributed by atoms with Crippen LogP contribution in [0.2, 0.25) is 0 Å². The smallest absolute Gasteiger partial charge is 0.147 e. The number of thioether (sulfide) groups is 1. The standard InChI is InChI=1S/C11H20N4S/c1-3-9-10(12)11(15(2)14-9)13-6-8-4-5-16-7-8/h8,13H,3-7,12H2,1-2H3. The number of nitrogens with zero attached hydrogens (tertiary/aromatic N) is 2. The Kier molecular flexibility index (Phi) is 3.63. The van der Waals surface area contributed by atoms with Gasteiger partial charge in [-0.25, -0.2) is 0 Å². The highest BCUT2D eigenvalue weighted by Crippen LogP contribution is 2.26. The molecule has 2 rings (SSSR count). The van der Waals surface area contributed by atoms with Gasteiger partial charge in [-0.1, -0.05) is 6.92 Å². The van der Waals surface area contributed by atoms with Gasteiger partial charge in [-0.3, -0.25) is 4.68 Å². The minimum absolute atomic E-state index is 0.782. The van der Waals surface area contributed by atoms with Crippen LogP contribution in [-0.4, -0.2) is 27.8 Å².